The third-order valence-electron chi connectivity index (χ3n) is 2.59. The van der Waals surface area contributed by atoms with E-state index in [1.165, 1.54) is 18.2 Å². The fourth-order valence-corrected chi connectivity index (χ4v) is 2.06. The van der Waals surface area contributed by atoms with Crippen molar-refractivity contribution in [1.29, 1.82) is 0 Å². The largest absolute Gasteiger partial charge is 0.335 e. The first kappa shape index (κ1) is 12.0. The number of carbonyl (C=O) groups excluding carboxylic acids is 1. The maximum atomic E-state index is 12.0. The van der Waals surface area contributed by atoms with Crippen molar-refractivity contribution < 1.29 is 9.72 Å². The number of nitrogens with zero attached hydrogens (tertiary/aromatic N) is 2. The molecule has 1 amide bonds. The number of carbonyl (C=O) groups is 1. The number of nitro benzene ring substituents is 1. The molecule has 1 aliphatic rings. The smallest absolute Gasteiger partial charge is 0.270 e. The molecule has 0 saturated carbocycles. The Labute approximate surface area is 106 Å². The van der Waals surface area contributed by atoms with Crippen LogP contribution in [0.15, 0.2) is 22.7 Å². The maximum Gasteiger partial charge on any atom is 0.270 e. The van der Waals surface area contributed by atoms with Gasteiger partial charge in [0.1, 0.15) is 0 Å². The molecule has 0 aromatic heterocycles. The van der Waals surface area contributed by atoms with Crippen LogP contribution in [0.1, 0.15) is 10.4 Å². The van der Waals surface area contributed by atoms with E-state index in [4.69, 9.17) is 5.73 Å². The Morgan fingerprint density at radius 3 is 2.71 bits per heavy atom. The summed E-state index contributed by atoms with van der Waals surface area (Å²) >= 11 is 3.22. The molecular weight excluding hydrogens is 290 g/mol. The van der Waals surface area contributed by atoms with Gasteiger partial charge in [0.25, 0.3) is 11.6 Å². The molecule has 0 atom stereocenters. The van der Waals surface area contributed by atoms with Crippen LogP contribution in [0.4, 0.5) is 5.69 Å². The van der Waals surface area contributed by atoms with E-state index >= 15 is 0 Å². The summed E-state index contributed by atoms with van der Waals surface area (Å²) in [5, 5.41) is 10.6. The molecule has 2 rings (SSSR count). The fraction of sp³-hybridized carbons (Fsp3) is 0.300. The molecule has 90 valence electrons. The van der Waals surface area contributed by atoms with Crippen molar-refractivity contribution in [3.63, 3.8) is 0 Å². The second kappa shape index (κ2) is 4.42. The lowest BCUT2D eigenvalue weighted by atomic mass is 10.1. The van der Waals surface area contributed by atoms with Crippen LogP contribution < -0.4 is 5.73 Å². The van der Waals surface area contributed by atoms with Crippen molar-refractivity contribution in [1.82, 2.24) is 4.90 Å². The zero-order chi connectivity index (χ0) is 12.6. The number of rotatable bonds is 2. The van der Waals surface area contributed by atoms with Gasteiger partial charge in [0, 0.05) is 35.7 Å². The Morgan fingerprint density at radius 2 is 2.18 bits per heavy atom. The highest BCUT2D eigenvalue weighted by atomic mass is 79.9. The summed E-state index contributed by atoms with van der Waals surface area (Å²) < 4.78 is 0.550. The number of amides is 1. The van der Waals surface area contributed by atoms with Gasteiger partial charge >= 0.3 is 0 Å². The Morgan fingerprint density at radius 1 is 1.53 bits per heavy atom. The zero-order valence-corrected chi connectivity index (χ0v) is 10.4. The topological polar surface area (TPSA) is 89.5 Å². The third-order valence-corrected chi connectivity index (χ3v) is 3.28. The van der Waals surface area contributed by atoms with E-state index in [1.807, 2.05) is 0 Å². The standard InChI is InChI=1S/C10H10BrN3O3/c11-9-2-1-7(14(16)17)3-8(9)10(15)13-4-6(12)5-13/h1-3,6H,4-5,12H2. The van der Waals surface area contributed by atoms with Crippen molar-refractivity contribution >= 4 is 27.5 Å². The van der Waals surface area contributed by atoms with Crippen molar-refractivity contribution in [2.75, 3.05) is 13.1 Å². The highest BCUT2D eigenvalue weighted by Gasteiger charge is 2.30. The molecule has 1 aromatic rings. The van der Waals surface area contributed by atoms with Gasteiger partial charge in [-0.05, 0) is 22.0 Å². The van der Waals surface area contributed by atoms with E-state index in [0.717, 1.165) is 0 Å². The Hall–Kier alpha value is -1.47. The molecule has 0 aliphatic carbocycles. The predicted octanol–water partition coefficient (Wildman–Crippen LogP) is 1.14. The minimum absolute atomic E-state index is 0.0106. The van der Waals surface area contributed by atoms with Crippen molar-refractivity contribution in [2.24, 2.45) is 5.73 Å². The molecule has 6 nitrogen and oxygen atoms in total. The maximum absolute atomic E-state index is 12.0. The van der Waals surface area contributed by atoms with Crippen LogP contribution in [0.3, 0.4) is 0 Å². The van der Waals surface area contributed by atoms with E-state index in [2.05, 4.69) is 15.9 Å². The van der Waals surface area contributed by atoms with Gasteiger partial charge in [-0.1, -0.05) is 0 Å². The van der Waals surface area contributed by atoms with E-state index in [9.17, 15) is 14.9 Å². The van der Waals surface area contributed by atoms with Crippen molar-refractivity contribution in [3.8, 4) is 0 Å². The van der Waals surface area contributed by atoms with Gasteiger partial charge in [-0.25, -0.2) is 0 Å². The quantitative estimate of drug-likeness (QED) is 0.655. The molecule has 1 fully saturated rings. The minimum Gasteiger partial charge on any atom is -0.335 e. The van der Waals surface area contributed by atoms with Crippen molar-refractivity contribution in [2.45, 2.75) is 6.04 Å². The number of likely N-dealkylation sites (tertiary alicyclic amines) is 1. The van der Waals surface area contributed by atoms with Crippen LogP contribution in [0.5, 0.6) is 0 Å². The molecule has 0 unspecified atom stereocenters. The predicted molar refractivity (Wildman–Crippen MR) is 64.7 cm³/mol. The van der Waals surface area contributed by atoms with Crippen molar-refractivity contribution in [3.05, 3.63) is 38.3 Å². The van der Waals surface area contributed by atoms with Gasteiger partial charge < -0.3 is 10.6 Å². The van der Waals surface area contributed by atoms with Crippen LogP contribution in [-0.2, 0) is 0 Å². The second-order valence-corrected chi connectivity index (χ2v) is 4.75. The lowest BCUT2D eigenvalue weighted by molar-refractivity contribution is -0.384. The Bertz CT molecular complexity index is 486. The molecule has 0 bridgehead atoms. The number of non-ortho nitro benzene ring substituents is 1. The van der Waals surface area contributed by atoms with Gasteiger partial charge in [0.15, 0.2) is 0 Å². The summed E-state index contributed by atoms with van der Waals surface area (Å²) in [6.07, 6.45) is 0. The first-order chi connectivity index (χ1) is 7.99. The second-order valence-electron chi connectivity index (χ2n) is 3.89. The zero-order valence-electron chi connectivity index (χ0n) is 8.80. The van der Waals surface area contributed by atoms with Gasteiger partial charge in [-0.15, -0.1) is 0 Å². The monoisotopic (exact) mass is 299 g/mol. The molecule has 1 saturated heterocycles. The number of nitrogens with two attached hydrogens (primary N) is 1. The van der Waals surface area contributed by atoms with E-state index < -0.39 is 4.92 Å². The summed E-state index contributed by atoms with van der Waals surface area (Å²) in [5.41, 5.74) is 5.79. The summed E-state index contributed by atoms with van der Waals surface area (Å²) in [7, 11) is 0. The van der Waals surface area contributed by atoms with E-state index in [1.54, 1.807) is 4.90 Å². The van der Waals surface area contributed by atoms with Crippen LogP contribution in [-0.4, -0.2) is 34.9 Å². The van der Waals surface area contributed by atoms with Gasteiger partial charge in [-0.3, -0.25) is 14.9 Å². The molecule has 0 radical (unpaired) electrons. The Balaban J connectivity index is 2.27. The van der Waals surface area contributed by atoms with Gasteiger partial charge in [0.05, 0.1) is 10.5 Å². The third kappa shape index (κ3) is 2.29. The molecule has 1 heterocycles. The fourth-order valence-electron chi connectivity index (χ4n) is 1.64. The van der Waals surface area contributed by atoms with Gasteiger partial charge in [0.2, 0.25) is 0 Å². The van der Waals surface area contributed by atoms with Gasteiger partial charge in [-0.2, -0.15) is 0 Å². The number of benzene rings is 1. The van der Waals surface area contributed by atoms with Crippen LogP contribution >= 0.6 is 15.9 Å². The summed E-state index contributed by atoms with van der Waals surface area (Å²) in [5.74, 6) is -0.234. The molecule has 2 N–H and O–H groups in total. The normalized spacial score (nSPS) is 15.5. The molecular formula is C10H10BrN3O3. The average molecular weight is 300 g/mol. The average Bonchev–Trinajstić information content (AvgIpc) is 2.24. The highest BCUT2D eigenvalue weighted by Crippen LogP contribution is 2.25. The SMILES string of the molecule is NC1CN(C(=O)c2cc([N+](=O)[O-])ccc2Br)C1. The summed E-state index contributed by atoms with van der Waals surface area (Å²) in [4.78, 5) is 23.7. The molecule has 0 spiro atoms. The highest BCUT2D eigenvalue weighted by molar-refractivity contribution is 9.10. The van der Waals surface area contributed by atoms with E-state index in [0.29, 0.717) is 23.1 Å². The van der Waals surface area contributed by atoms with Crippen LogP contribution in [0.2, 0.25) is 0 Å². The molecule has 17 heavy (non-hydrogen) atoms. The molecule has 1 aliphatic heterocycles. The van der Waals surface area contributed by atoms with Crippen LogP contribution in [0.25, 0.3) is 0 Å². The van der Waals surface area contributed by atoms with Crippen LogP contribution in [0, 0.1) is 10.1 Å². The number of nitro groups is 1. The molecule has 7 heteroatoms. The first-order valence-corrected chi connectivity index (χ1v) is 5.77. The lowest BCUT2D eigenvalue weighted by Gasteiger charge is -2.37. The van der Waals surface area contributed by atoms with E-state index in [-0.39, 0.29) is 17.6 Å². The number of hydrogen-bond acceptors (Lipinski definition) is 4. The summed E-state index contributed by atoms with van der Waals surface area (Å²) in [6, 6.07) is 4.14. The summed E-state index contributed by atoms with van der Waals surface area (Å²) in [6.45, 7) is 0.988. The first-order valence-electron chi connectivity index (χ1n) is 4.98. The number of hydrogen-bond donors (Lipinski definition) is 1. The minimum atomic E-state index is -0.523. The molecule has 1 aromatic carbocycles. The lowest BCUT2D eigenvalue weighted by Crippen LogP contribution is -2.57. The Kier molecular flexibility index (Phi) is 3.12. The number of halogens is 1.